The summed E-state index contributed by atoms with van der Waals surface area (Å²) in [6, 6.07) is 17.7. The lowest BCUT2D eigenvalue weighted by molar-refractivity contribution is -0.134. The molecule has 1 heterocycles. The zero-order valence-electron chi connectivity index (χ0n) is 14.4. The number of aryl methyl sites for hydroxylation is 1. The van der Waals surface area contributed by atoms with E-state index in [0.717, 1.165) is 24.3 Å². The minimum absolute atomic E-state index is 0.112. The van der Waals surface area contributed by atoms with E-state index in [9.17, 15) is 9.59 Å². The second-order valence-electron chi connectivity index (χ2n) is 6.30. The first-order valence-electron chi connectivity index (χ1n) is 8.56. The van der Waals surface area contributed by atoms with Crippen LogP contribution in [-0.2, 0) is 9.59 Å². The number of piperazine rings is 1. The molecule has 130 valence electrons. The molecule has 0 atom stereocenters. The molecule has 25 heavy (non-hydrogen) atoms. The number of nitrogens with one attached hydrogen (secondary N) is 1. The maximum Gasteiger partial charge on any atom is 0.233 e. The van der Waals surface area contributed by atoms with Crippen LogP contribution in [0.2, 0.25) is 0 Å². The molecule has 5 nitrogen and oxygen atoms in total. The molecule has 2 aromatic rings. The first kappa shape index (κ1) is 17.0. The third kappa shape index (κ3) is 4.59. The summed E-state index contributed by atoms with van der Waals surface area (Å²) in [6.45, 7) is 4.83. The van der Waals surface area contributed by atoms with Gasteiger partial charge in [-0.05, 0) is 36.8 Å². The van der Waals surface area contributed by atoms with Gasteiger partial charge in [0.15, 0.2) is 0 Å². The number of benzene rings is 2. The maximum atomic E-state index is 12.4. The highest BCUT2D eigenvalue weighted by atomic mass is 16.2. The molecule has 3 rings (SSSR count). The van der Waals surface area contributed by atoms with E-state index < -0.39 is 0 Å². The molecule has 2 aromatic carbocycles. The molecule has 1 aliphatic heterocycles. The quantitative estimate of drug-likeness (QED) is 0.873. The molecular weight excluding hydrogens is 314 g/mol. The molecule has 1 N–H and O–H groups in total. The van der Waals surface area contributed by atoms with E-state index in [2.05, 4.69) is 22.3 Å². The fourth-order valence-corrected chi connectivity index (χ4v) is 3.03. The van der Waals surface area contributed by atoms with Gasteiger partial charge in [0.2, 0.25) is 11.8 Å². The minimum atomic E-state index is -0.263. The van der Waals surface area contributed by atoms with Crippen molar-refractivity contribution < 1.29 is 9.59 Å². The zero-order valence-corrected chi connectivity index (χ0v) is 14.4. The predicted molar refractivity (Wildman–Crippen MR) is 99.7 cm³/mol. The van der Waals surface area contributed by atoms with Gasteiger partial charge in [0, 0.05) is 37.6 Å². The van der Waals surface area contributed by atoms with Crippen LogP contribution >= 0.6 is 0 Å². The third-order valence-electron chi connectivity index (χ3n) is 4.37. The third-order valence-corrected chi connectivity index (χ3v) is 4.37. The molecule has 5 heteroatoms. The Bertz CT molecular complexity index is 738. The molecule has 1 fully saturated rings. The smallest absolute Gasteiger partial charge is 0.233 e. The Labute approximate surface area is 148 Å². The van der Waals surface area contributed by atoms with Crippen molar-refractivity contribution in [1.29, 1.82) is 0 Å². The fraction of sp³-hybridized carbons (Fsp3) is 0.300. The summed E-state index contributed by atoms with van der Waals surface area (Å²) in [4.78, 5) is 28.5. The standard InChI is InChI=1S/C20H23N3O2/c1-16-6-5-7-17(14-16)21-19(24)15-20(25)23-12-10-22(11-13-23)18-8-3-2-4-9-18/h2-9,14H,10-13,15H2,1H3,(H,21,24). The summed E-state index contributed by atoms with van der Waals surface area (Å²) < 4.78 is 0. The van der Waals surface area contributed by atoms with Gasteiger partial charge in [-0.1, -0.05) is 30.3 Å². The van der Waals surface area contributed by atoms with Crippen LogP contribution < -0.4 is 10.2 Å². The van der Waals surface area contributed by atoms with Gasteiger partial charge in [0.1, 0.15) is 6.42 Å². The molecule has 0 aromatic heterocycles. The molecule has 0 radical (unpaired) electrons. The van der Waals surface area contributed by atoms with Crippen molar-refractivity contribution in [3.8, 4) is 0 Å². The average molecular weight is 337 g/mol. The summed E-state index contributed by atoms with van der Waals surface area (Å²) in [7, 11) is 0. The number of hydrogen-bond donors (Lipinski definition) is 1. The van der Waals surface area contributed by atoms with E-state index in [4.69, 9.17) is 0 Å². The normalized spacial score (nSPS) is 14.3. The van der Waals surface area contributed by atoms with Gasteiger partial charge in [0.05, 0.1) is 0 Å². The van der Waals surface area contributed by atoms with Crippen molar-refractivity contribution in [2.45, 2.75) is 13.3 Å². The number of nitrogens with zero attached hydrogens (tertiary/aromatic N) is 2. The lowest BCUT2D eigenvalue weighted by Gasteiger charge is -2.36. The van der Waals surface area contributed by atoms with Gasteiger partial charge in [-0.2, -0.15) is 0 Å². The number of rotatable bonds is 4. The van der Waals surface area contributed by atoms with Gasteiger partial charge >= 0.3 is 0 Å². The Balaban J connectivity index is 1.48. The molecule has 0 spiro atoms. The first-order chi connectivity index (χ1) is 12.1. The van der Waals surface area contributed by atoms with Crippen molar-refractivity contribution in [3.05, 3.63) is 60.2 Å². The molecule has 2 amide bonds. The second kappa shape index (κ2) is 7.83. The van der Waals surface area contributed by atoms with Crippen LogP contribution in [0.3, 0.4) is 0 Å². The van der Waals surface area contributed by atoms with Gasteiger partial charge in [0.25, 0.3) is 0 Å². The van der Waals surface area contributed by atoms with E-state index in [-0.39, 0.29) is 18.2 Å². The lowest BCUT2D eigenvalue weighted by atomic mass is 10.2. The summed E-state index contributed by atoms with van der Waals surface area (Å²) in [5.41, 5.74) is 2.97. The van der Waals surface area contributed by atoms with E-state index in [1.54, 1.807) is 4.90 Å². The summed E-state index contributed by atoms with van der Waals surface area (Å²) >= 11 is 0. The summed E-state index contributed by atoms with van der Waals surface area (Å²) in [5, 5.41) is 2.79. The Morgan fingerprint density at radius 2 is 1.68 bits per heavy atom. The number of hydrogen-bond acceptors (Lipinski definition) is 3. The highest BCUT2D eigenvalue weighted by Gasteiger charge is 2.22. The van der Waals surface area contributed by atoms with Crippen molar-refractivity contribution in [2.24, 2.45) is 0 Å². The predicted octanol–water partition coefficient (Wildman–Crippen LogP) is 2.67. The van der Waals surface area contributed by atoms with Gasteiger partial charge in [-0.15, -0.1) is 0 Å². The van der Waals surface area contributed by atoms with E-state index >= 15 is 0 Å². The van der Waals surface area contributed by atoms with Crippen LogP contribution in [0.4, 0.5) is 11.4 Å². The van der Waals surface area contributed by atoms with Crippen molar-refractivity contribution in [2.75, 3.05) is 36.4 Å². The Morgan fingerprint density at radius 3 is 2.36 bits per heavy atom. The topological polar surface area (TPSA) is 52.7 Å². The number of para-hydroxylation sites is 1. The van der Waals surface area contributed by atoms with Crippen molar-refractivity contribution in [3.63, 3.8) is 0 Å². The summed E-state index contributed by atoms with van der Waals surface area (Å²) in [6.07, 6.45) is -0.112. The molecule has 1 saturated heterocycles. The minimum Gasteiger partial charge on any atom is -0.368 e. The van der Waals surface area contributed by atoms with E-state index in [1.165, 1.54) is 5.69 Å². The average Bonchev–Trinajstić information content (AvgIpc) is 2.62. The highest BCUT2D eigenvalue weighted by Crippen LogP contribution is 2.16. The Hall–Kier alpha value is -2.82. The van der Waals surface area contributed by atoms with Crippen LogP contribution in [0.1, 0.15) is 12.0 Å². The molecular formula is C20H23N3O2. The molecule has 0 aliphatic carbocycles. The number of amides is 2. The monoisotopic (exact) mass is 337 g/mol. The van der Waals surface area contributed by atoms with Crippen LogP contribution in [0, 0.1) is 6.92 Å². The number of carbonyl (C=O) groups is 2. The molecule has 0 bridgehead atoms. The number of anilines is 2. The molecule has 0 unspecified atom stereocenters. The summed E-state index contributed by atoms with van der Waals surface area (Å²) in [5.74, 6) is -0.376. The lowest BCUT2D eigenvalue weighted by Crippen LogP contribution is -2.49. The first-order valence-corrected chi connectivity index (χ1v) is 8.56. The van der Waals surface area contributed by atoms with Gasteiger partial charge in [-0.25, -0.2) is 0 Å². The van der Waals surface area contributed by atoms with Gasteiger partial charge in [-0.3, -0.25) is 9.59 Å². The maximum absolute atomic E-state index is 12.4. The van der Waals surface area contributed by atoms with Crippen LogP contribution in [0.25, 0.3) is 0 Å². The van der Waals surface area contributed by atoms with Gasteiger partial charge < -0.3 is 15.1 Å². The van der Waals surface area contributed by atoms with Crippen molar-refractivity contribution >= 4 is 23.2 Å². The Morgan fingerprint density at radius 1 is 0.960 bits per heavy atom. The second-order valence-corrected chi connectivity index (χ2v) is 6.30. The van der Waals surface area contributed by atoms with Crippen LogP contribution in [0.15, 0.2) is 54.6 Å². The van der Waals surface area contributed by atoms with Crippen molar-refractivity contribution in [1.82, 2.24) is 4.90 Å². The van der Waals surface area contributed by atoms with E-state index in [1.807, 2.05) is 49.4 Å². The van der Waals surface area contributed by atoms with Crippen LogP contribution in [0.5, 0.6) is 0 Å². The SMILES string of the molecule is Cc1cccc(NC(=O)CC(=O)N2CCN(c3ccccc3)CC2)c1. The molecule has 1 aliphatic rings. The fourth-order valence-electron chi connectivity index (χ4n) is 3.03. The Kier molecular flexibility index (Phi) is 5.33. The molecule has 0 saturated carbocycles. The number of carbonyl (C=O) groups excluding carboxylic acids is 2. The zero-order chi connectivity index (χ0) is 17.6. The van der Waals surface area contributed by atoms with Crippen LogP contribution in [-0.4, -0.2) is 42.9 Å². The van der Waals surface area contributed by atoms with E-state index in [0.29, 0.717) is 13.1 Å². The largest absolute Gasteiger partial charge is 0.368 e. The highest BCUT2D eigenvalue weighted by molar-refractivity contribution is 6.03.